The quantitative estimate of drug-likeness (QED) is 0.571. The predicted octanol–water partition coefficient (Wildman–Crippen LogP) is 4.82. The average Bonchev–Trinajstić information content (AvgIpc) is 3.09. The molecule has 0 aliphatic rings. The molecule has 0 amide bonds. The minimum atomic E-state index is 0.815. The van der Waals surface area contributed by atoms with Crippen LogP contribution in [0.15, 0.2) is 29.0 Å². The Hall–Kier alpha value is -2.95. The predicted molar refractivity (Wildman–Crippen MR) is 98.5 cm³/mol. The Morgan fingerprint density at radius 2 is 1.60 bits per heavy atom. The number of aromatic nitrogens is 4. The van der Waals surface area contributed by atoms with Crippen LogP contribution in [0.1, 0.15) is 28.4 Å². The first-order valence-corrected chi connectivity index (χ1v) is 8.31. The fourth-order valence-corrected chi connectivity index (χ4v) is 3.62. The lowest BCUT2D eigenvalue weighted by Gasteiger charge is -2.15. The number of aromatic amines is 1. The van der Waals surface area contributed by atoms with Crippen molar-refractivity contribution in [2.45, 2.75) is 34.6 Å². The van der Waals surface area contributed by atoms with Gasteiger partial charge in [0.2, 0.25) is 0 Å². The van der Waals surface area contributed by atoms with E-state index in [0.29, 0.717) is 0 Å². The van der Waals surface area contributed by atoms with Gasteiger partial charge in [0.05, 0.1) is 16.7 Å². The maximum atomic E-state index is 5.43. The van der Waals surface area contributed by atoms with Gasteiger partial charge in [-0.2, -0.15) is 0 Å². The summed E-state index contributed by atoms with van der Waals surface area (Å²) in [5.41, 5.74) is 9.53. The summed E-state index contributed by atoms with van der Waals surface area (Å²) < 4.78 is 5.43. The highest BCUT2D eigenvalue weighted by Gasteiger charge is 2.22. The summed E-state index contributed by atoms with van der Waals surface area (Å²) in [6.07, 6.45) is 3.80. The minimum absolute atomic E-state index is 0.815. The lowest BCUT2D eigenvalue weighted by Crippen LogP contribution is -1.95. The van der Waals surface area contributed by atoms with Gasteiger partial charge in [0.25, 0.3) is 0 Å². The van der Waals surface area contributed by atoms with Gasteiger partial charge >= 0.3 is 0 Å². The van der Waals surface area contributed by atoms with Gasteiger partial charge in [0.15, 0.2) is 0 Å². The molecule has 3 aromatic heterocycles. The summed E-state index contributed by atoms with van der Waals surface area (Å²) in [5, 5.41) is 4.14. The zero-order chi connectivity index (χ0) is 17.7. The molecule has 3 heterocycles. The van der Waals surface area contributed by atoms with Gasteiger partial charge in [-0.1, -0.05) is 11.2 Å². The van der Waals surface area contributed by atoms with E-state index in [0.717, 1.165) is 56.1 Å². The Bertz CT molecular complexity index is 1060. The molecular weight excluding hydrogens is 312 g/mol. The summed E-state index contributed by atoms with van der Waals surface area (Å²) in [6, 6.07) is 4.20. The molecule has 5 heteroatoms. The second kappa shape index (κ2) is 5.55. The van der Waals surface area contributed by atoms with Crippen LogP contribution in [0.25, 0.3) is 33.3 Å². The van der Waals surface area contributed by atoms with Crippen LogP contribution in [0.4, 0.5) is 0 Å². The number of H-pyrrole nitrogens is 1. The molecule has 0 unspecified atom stereocenters. The van der Waals surface area contributed by atoms with Crippen molar-refractivity contribution in [1.82, 2.24) is 20.1 Å². The van der Waals surface area contributed by atoms with Crippen molar-refractivity contribution in [3.05, 3.63) is 52.9 Å². The lowest BCUT2D eigenvalue weighted by atomic mass is 9.89. The van der Waals surface area contributed by atoms with Crippen molar-refractivity contribution in [3.8, 4) is 22.3 Å². The third-order valence-electron chi connectivity index (χ3n) is 4.65. The first kappa shape index (κ1) is 15.6. The normalized spacial score (nSPS) is 11.4. The van der Waals surface area contributed by atoms with Crippen LogP contribution in [0.3, 0.4) is 0 Å². The number of hydrogen-bond acceptors (Lipinski definition) is 4. The van der Waals surface area contributed by atoms with Gasteiger partial charge in [-0.25, -0.2) is 4.98 Å². The molecular formula is C20H20N4O. The van der Waals surface area contributed by atoms with Crippen LogP contribution < -0.4 is 0 Å². The molecule has 0 aliphatic carbocycles. The van der Waals surface area contributed by atoms with Crippen molar-refractivity contribution in [3.63, 3.8) is 0 Å². The minimum Gasteiger partial charge on any atom is -0.361 e. The summed E-state index contributed by atoms with van der Waals surface area (Å²) in [5.74, 6) is 1.71. The van der Waals surface area contributed by atoms with Crippen LogP contribution in [0.5, 0.6) is 0 Å². The van der Waals surface area contributed by atoms with Crippen LogP contribution in [-0.2, 0) is 0 Å². The molecule has 0 atom stereocenters. The first-order chi connectivity index (χ1) is 12.0. The number of imidazole rings is 1. The Morgan fingerprint density at radius 3 is 2.24 bits per heavy atom. The molecule has 0 spiro atoms. The maximum absolute atomic E-state index is 5.43. The van der Waals surface area contributed by atoms with E-state index in [2.05, 4.69) is 41.1 Å². The average molecular weight is 332 g/mol. The summed E-state index contributed by atoms with van der Waals surface area (Å²) in [7, 11) is 0. The van der Waals surface area contributed by atoms with Crippen molar-refractivity contribution >= 4 is 11.0 Å². The highest BCUT2D eigenvalue weighted by atomic mass is 16.5. The van der Waals surface area contributed by atoms with Crippen LogP contribution >= 0.6 is 0 Å². The van der Waals surface area contributed by atoms with E-state index in [1.54, 1.807) is 0 Å². The van der Waals surface area contributed by atoms with Crippen molar-refractivity contribution < 1.29 is 4.52 Å². The summed E-state index contributed by atoms with van der Waals surface area (Å²) >= 11 is 0. The van der Waals surface area contributed by atoms with E-state index in [-0.39, 0.29) is 0 Å². The molecule has 0 saturated heterocycles. The summed E-state index contributed by atoms with van der Waals surface area (Å²) in [6.45, 7) is 10.1. The molecule has 0 bridgehead atoms. The van der Waals surface area contributed by atoms with Gasteiger partial charge in [0.1, 0.15) is 11.6 Å². The van der Waals surface area contributed by atoms with Gasteiger partial charge in [-0.3, -0.25) is 4.98 Å². The standard InChI is InChI=1S/C20H20N4O/c1-10-8-21-9-11(2)17(10)19-15(18-12(3)24-25-13(18)4)6-7-16-20(19)23-14(5)22-16/h6-9H,1-5H3,(H,22,23). The number of nitrogens with one attached hydrogen (secondary N) is 1. The maximum Gasteiger partial charge on any atom is 0.141 e. The number of pyridine rings is 1. The molecule has 126 valence electrons. The van der Waals surface area contributed by atoms with Gasteiger partial charge in [-0.15, -0.1) is 0 Å². The number of nitrogens with zero attached hydrogens (tertiary/aromatic N) is 3. The molecule has 1 aromatic carbocycles. The smallest absolute Gasteiger partial charge is 0.141 e. The highest BCUT2D eigenvalue weighted by molar-refractivity contribution is 6.02. The van der Waals surface area contributed by atoms with E-state index in [1.807, 2.05) is 33.2 Å². The number of aryl methyl sites for hydroxylation is 5. The Morgan fingerprint density at radius 1 is 0.880 bits per heavy atom. The SMILES string of the molecule is Cc1nc2c(-c3c(C)cncc3C)c(-c3c(C)noc3C)ccc2[nH]1. The van der Waals surface area contributed by atoms with E-state index >= 15 is 0 Å². The number of fused-ring (bicyclic) bond motifs is 1. The number of benzene rings is 1. The van der Waals surface area contributed by atoms with Crippen LogP contribution in [-0.4, -0.2) is 20.1 Å². The third-order valence-corrected chi connectivity index (χ3v) is 4.65. The van der Waals surface area contributed by atoms with E-state index in [1.165, 1.54) is 5.56 Å². The molecule has 5 nitrogen and oxygen atoms in total. The first-order valence-electron chi connectivity index (χ1n) is 8.31. The van der Waals surface area contributed by atoms with Crippen molar-refractivity contribution in [1.29, 1.82) is 0 Å². The molecule has 0 aliphatic heterocycles. The summed E-state index contributed by atoms with van der Waals surface area (Å²) in [4.78, 5) is 12.4. The van der Waals surface area contributed by atoms with E-state index in [9.17, 15) is 0 Å². The molecule has 0 fully saturated rings. The lowest BCUT2D eigenvalue weighted by molar-refractivity contribution is 0.393. The third kappa shape index (κ3) is 2.35. The van der Waals surface area contributed by atoms with E-state index < -0.39 is 0 Å². The Balaban J connectivity index is 2.19. The fraction of sp³-hybridized carbons (Fsp3) is 0.250. The molecule has 0 radical (unpaired) electrons. The second-order valence-corrected chi connectivity index (χ2v) is 6.55. The van der Waals surface area contributed by atoms with Gasteiger partial charge < -0.3 is 9.51 Å². The molecule has 0 saturated carbocycles. The monoisotopic (exact) mass is 332 g/mol. The van der Waals surface area contributed by atoms with Crippen LogP contribution in [0.2, 0.25) is 0 Å². The number of hydrogen-bond donors (Lipinski definition) is 1. The topological polar surface area (TPSA) is 67.6 Å². The largest absolute Gasteiger partial charge is 0.361 e. The van der Waals surface area contributed by atoms with Gasteiger partial charge in [-0.05, 0) is 62.9 Å². The zero-order valence-electron chi connectivity index (χ0n) is 15.1. The highest BCUT2D eigenvalue weighted by Crippen LogP contribution is 2.41. The second-order valence-electron chi connectivity index (χ2n) is 6.55. The van der Waals surface area contributed by atoms with Crippen molar-refractivity contribution in [2.75, 3.05) is 0 Å². The van der Waals surface area contributed by atoms with Crippen LogP contribution in [0, 0.1) is 34.6 Å². The van der Waals surface area contributed by atoms with Crippen molar-refractivity contribution in [2.24, 2.45) is 0 Å². The molecule has 4 rings (SSSR count). The van der Waals surface area contributed by atoms with Gasteiger partial charge in [0, 0.05) is 23.5 Å². The Kier molecular flexibility index (Phi) is 3.46. The molecule has 25 heavy (non-hydrogen) atoms. The fourth-order valence-electron chi connectivity index (χ4n) is 3.62. The zero-order valence-corrected chi connectivity index (χ0v) is 15.1. The Labute approximate surface area is 146 Å². The molecule has 1 N–H and O–H groups in total. The number of rotatable bonds is 2. The van der Waals surface area contributed by atoms with E-state index in [4.69, 9.17) is 9.51 Å². The molecule has 4 aromatic rings.